The number of para-hydroxylation sites is 2. The van der Waals surface area contributed by atoms with Crippen LogP contribution >= 0.6 is 0 Å². The Kier molecular flexibility index (Phi) is 5.12. The van der Waals surface area contributed by atoms with Crippen LogP contribution in [0.5, 0.6) is 11.8 Å². The Hall–Kier alpha value is -4.04. The van der Waals surface area contributed by atoms with Crippen molar-refractivity contribution < 1.29 is 9.47 Å². The van der Waals surface area contributed by atoms with Crippen LogP contribution in [0.4, 0.5) is 0 Å². The third-order valence-electron chi connectivity index (χ3n) is 5.29. The van der Waals surface area contributed by atoms with E-state index in [1.54, 1.807) is 17.9 Å². The number of hydrogen-bond acceptors (Lipinski definition) is 6. The number of aromatic nitrogens is 5. The normalized spacial score (nSPS) is 11.3. The summed E-state index contributed by atoms with van der Waals surface area (Å²) >= 11 is 0. The minimum atomic E-state index is -0.240. The van der Waals surface area contributed by atoms with Gasteiger partial charge in [-0.1, -0.05) is 36.4 Å². The number of nitrogens with zero attached hydrogens (tertiary/aromatic N) is 5. The molecule has 0 aliphatic rings. The molecule has 0 fully saturated rings. The highest BCUT2D eigenvalue weighted by Crippen LogP contribution is 2.28. The van der Waals surface area contributed by atoms with E-state index in [-0.39, 0.29) is 11.6 Å². The number of fused-ring (bicyclic) bond motifs is 2. The zero-order chi connectivity index (χ0) is 22.1. The van der Waals surface area contributed by atoms with Crippen LogP contribution in [0, 0.1) is 0 Å². The fraction of sp³-hybridized carbons (Fsp3) is 0.167. The van der Waals surface area contributed by atoms with Crippen molar-refractivity contribution in [2.45, 2.75) is 6.54 Å². The van der Waals surface area contributed by atoms with E-state index in [0.717, 1.165) is 16.5 Å². The average Bonchev–Trinajstić information content (AvgIpc) is 3.15. The van der Waals surface area contributed by atoms with Gasteiger partial charge in [0, 0.05) is 36.8 Å². The van der Waals surface area contributed by atoms with Gasteiger partial charge in [-0.3, -0.25) is 9.36 Å². The van der Waals surface area contributed by atoms with Crippen LogP contribution in [0.2, 0.25) is 0 Å². The summed E-state index contributed by atoms with van der Waals surface area (Å²) in [5.41, 5.74) is 2.81. The predicted octanol–water partition coefficient (Wildman–Crippen LogP) is 3.78. The molecule has 0 radical (unpaired) electrons. The second-order valence-electron chi connectivity index (χ2n) is 7.36. The van der Waals surface area contributed by atoms with Gasteiger partial charge in [0.25, 0.3) is 5.56 Å². The Bertz CT molecular complexity index is 1470. The van der Waals surface area contributed by atoms with Crippen LogP contribution in [-0.2, 0) is 18.3 Å². The second kappa shape index (κ2) is 8.24. The summed E-state index contributed by atoms with van der Waals surface area (Å²) in [5, 5.41) is 0.960. The van der Waals surface area contributed by atoms with E-state index in [1.165, 1.54) is 0 Å². The summed E-state index contributed by atoms with van der Waals surface area (Å²) in [6.45, 7) is 0.681. The van der Waals surface area contributed by atoms with Gasteiger partial charge in [-0.15, -0.1) is 0 Å². The fourth-order valence-corrected chi connectivity index (χ4v) is 3.76. The molecule has 32 heavy (non-hydrogen) atoms. The van der Waals surface area contributed by atoms with Crippen LogP contribution in [0.3, 0.4) is 0 Å². The SMILES string of the molecule is COCCn1c(=O)c(-c2cn(C)c3ccccc23)nc2cnc(Oc3ccccc3)nc21. The molecule has 0 bridgehead atoms. The molecular weight excluding hydrogens is 406 g/mol. The van der Waals surface area contributed by atoms with E-state index in [1.807, 2.05) is 72.4 Å². The minimum Gasteiger partial charge on any atom is -0.424 e. The Labute approximate surface area is 183 Å². The molecule has 3 aromatic heterocycles. The van der Waals surface area contributed by atoms with Crippen molar-refractivity contribution in [2.75, 3.05) is 13.7 Å². The molecule has 0 atom stereocenters. The van der Waals surface area contributed by atoms with Crippen molar-refractivity contribution in [1.82, 2.24) is 24.1 Å². The summed E-state index contributed by atoms with van der Waals surface area (Å²) in [5.74, 6) is 0.609. The summed E-state index contributed by atoms with van der Waals surface area (Å²) in [7, 11) is 3.55. The Morgan fingerprint density at radius 1 is 1.00 bits per heavy atom. The molecule has 0 spiro atoms. The second-order valence-corrected chi connectivity index (χ2v) is 7.36. The van der Waals surface area contributed by atoms with Crippen molar-refractivity contribution in [2.24, 2.45) is 7.05 Å². The first-order valence-electron chi connectivity index (χ1n) is 10.2. The van der Waals surface area contributed by atoms with Crippen molar-refractivity contribution in [3.63, 3.8) is 0 Å². The number of methoxy groups -OCH3 is 1. The first-order chi connectivity index (χ1) is 15.7. The average molecular weight is 427 g/mol. The molecule has 0 aliphatic carbocycles. The van der Waals surface area contributed by atoms with Gasteiger partial charge in [0.1, 0.15) is 17.0 Å². The van der Waals surface area contributed by atoms with E-state index < -0.39 is 0 Å². The molecule has 160 valence electrons. The molecule has 0 saturated carbocycles. The third-order valence-corrected chi connectivity index (χ3v) is 5.29. The van der Waals surface area contributed by atoms with Gasteiger partial charge in [-0.25, -0.2) is 9.97 Å². The minimum absolute atomic E-state index is 0.147. The van der Waals surface area contributed by atoms with Crippen molar-refractivity contribution in [1.29, 1.82) is 0 Å². The van der Waals surface area contributed by atoms with Crippen molar-refractivity contribution in [3.8, 4) is 23.0 Å². The van der Waals surface area contributed by atoms with Crippen molar-refractivity contribution in [3.05, 3.63) is 77.3 Å². The van der Waals surface area contributed by atoms with Crippen molar-refractivity contribution >= 4 is 22.1 Å². The summed E-state index contributed by atoms with van der Waals surface area (Å²) < 4.78 is 14.6. The number of ether oxygens (including phenoxy) is 2. The van der Waals surface area contributed by atoms with Crippen LogP contribution in [0.1, 0.15) is 0 Å². The third kappa shape index (κ3) is 3.50. The van der Waals surface area contributed by atoms with E-state index in [4.69, 9.17) is 9.47 Å². The lowest BCUT2D eigenvalue weighted by molar-refractivity contribution is 0.187. The molecule has 0 unspecified atom stereocenters. The Morgan fingerprint density at radius 3 is 2.59 bits per heavy atom. The smallest absolute Gasteiger partial charge is 0.324 e. The molecule has 5 aromatic rings. The highest BCUT2D eigenvalue weighted by molar-refractivity contribution is 5.95. The maximum Gasteiger partial charge on any atom is 0.324 e. The van der Waals surface area contributed by atoms with Gasteiger partial charge in [-0.05, 0) is 18.2 Å². The number of benzene rings is 2. The van der Waals surface area contributed by atoms with Crippen LogP contribution < -0.4 is 10.3 Å². The zero-order valence-corrected chi connectivity index (χ0v) is 17.7. The van der Waals surface area contributed by atoms with E-state index in [9.17, 15) is 4.79 Å². The maximum atomic E-state index is 13.5. The Morgan fingerprint density at radius 2 is 1.78 bits per heavy atom. The lowest BCUT2D eigenvalue weighted by Gasteiger charge is -2.12. The summed E-state index contributed by atoms with van der Waals surface area (Å²) in [6.07, 6.45) is 3.51. The van der Waals surface area contributed by atoms with E-state index >= 15 is 0 Å². The van der Waals surface area contributed by atoms with E-state index in [0.29, 0.717) is 35.8 Å². The first-order valence-corrected chi connectivity index (χ1v) is 10.2. The highest BCUT2D eigenvalue weighted by atomic mass is 16.5. The molecule has 5 rings (SSSR count). The standard InChI is InChI=1S/C24H21N5O3/c1-28-15-18(17-10-6-7-11-20(17)28)21-23(30)29(12-13-31-2)22-19(26-21)14-25-24(27-22)32-16-8-4-3-5-9-16/h3-11,14-15H,12-13H2,1-2H3. The summed E-state index contributed by atoms with van der Waals surface area (Å²) in [6, 6.07) is 17.3. The molecule has 0 aliphatic heterocycles. The number of hydrogen-bond donors (Lipinski definition) is 0. The number of rotatable bonds is 6. The highest BCUT2D eigenvalue weighted by Gasteiger charge is 2.19. The summed E-state index contributed by atoms with van der Waals surface area (Å²) in [4.78, 5) is 27.0. The van der Waals surface area contributed by atoms with Crippen LogP contribution in [0.25, 0.3) is 33.3 Å². The largest absolute Gasteiger partial charge is 0.424 e. The molecule has 0 amide bonds. The lowest BCUT2D eigenvalue weighted by Crippen LogP contribution is -2.26. The number of aryl methyl sites for hydroxylation is 1. The molecule has 0 saturated heterocycles. The van der Waals surface area contributed by atoms with Gasteiger partial charge in [-0.2, -0.15) is 4.98 Å². The topological polar surface area (TPSA) is 84.1 Å². The lowest BCUT2D eigenvalue weighted by atomic mass is 10.1. The predicted molar refractivity (Wildman–Crippen MR) is 122 cm³/mol. The molecule has 0 N–H and O–H groups in total. The molecule has 8 nitrogen and oxygen atoms in total. The van der Waals surface area contributed by atoms with Gasteiger partial charge in [0.15, 0.2) is 5.65 Å². The van der Waals surface area contributed by atoms with Crippen LogP contribution in [-0.4, -0.2) is 37.8 Å². The van der Waals surface area contributed by atoms with E-state index in [2.05, 4.69) is 15.0 Å². The fourth-order valence-electron chi connectivity index (χ4n) is 3.76. The molecular formula is C24H21N5O3. The Balaban J connectivity index is 1.69. The van der Waals surface area contributed by atoms with Crippen LogP contribution in [0.15, 0.2) is 71.8 Å². The zero-order valence-electron chi connectivity index (χ0n) is 17.7. The molecule has 3 heterocycles. The first kappa shape index (κ1) is 19.9. The maximum absolute atomic E-state index is 13.5. The molecule has 8 heteroatoms. The van der Waals surface area contributed by atoms with Gasteiger partial charge in [0.2, 0.25) is 0 Å². The van der Waals surface area contributed by atoms with Gasteiger partial charge in [0.05, 0.1) is 19.3 Å². The van der Waals surface area contributed by atoms with Gasteiger partial charge >= 0.3 is 6.01 Å². The quantitative estimate of drug-likeness (QED) is 0.410. The monoisotopic (exact) mass is 427 g/mol. The van der Waals surface area contributed by atoms with Gasteiger partial charge < -0.3 is 14.0 Å². The molecule has 2 aromatic carbocycles.